The van der Waals surface area contributed by atoms with Gasteiger partial charge in [0.15, 0.2) is 0 Å². The van der Waals surface area contributed by atoms with Crippen LogP contribution in [0.2, 0.25) is 0 Å². The molecular weight excluding hydrogens is 202 g/mol. The fourth-order valence-corrected chi connectivity index (χ4v) is 1.75. The third-order valence-corrected chi connectivity index (χ3v) is 2.56. The molecule has 0 aromatic carbocycles. The van der Waals surface area contributed by atoms with E-state index in [1.165, 1.54) is 0 Å². The largest absolute Gasteiger partial charge is 0.314 e. The highest BCUT2D eigenvalue weighted by molar-refractivity contribution is 5.06. The molecule has 0 aliphatic carbocycles. The van der Waals surface area contributed by atoms with Crippen molar-refractivity contribution >= 4 is 0 Å². The minimum Gasteiger partial charge on any atom is -0.314 e. The quantitative estimate of drug-likeness (QED) is 0.778. The highest BCUT2D eigenvalue weighted by Gasteiger charge is 2.01. The van der Waals surface area contributed by atoms with Crippen LogP contribution in [0.1, 0.15) is 11.4 Å². The number of rotatable bonds is 3. The number of aryl methyl sites for hydroxylation is 4. The van der Waals surface area contributed by atoms with Gasteiger partial charge in [0, 0.05) is 24.5 Å². The van der Waals surface area contributed by atoms with Crippen molar-refractivity contribution in [2.75, 3.05) is 0 Å². The van der Waals surface area contributed by atoms with Gasteiger partial charge in [0.1, 0.15) is 0 Å². The van der Waals surface area contributed by atoms with Crippen LogP contribution in [0.15, 0.2) is 35.3 Å². The molecule has 0 spiro atoms. The first-order valence-electron chi connectivity index (χ1n) is 5.33. The minimum absolute atomic E-state index is 0.0315. The van der Waals surface area contributed by atoms with Crippen molar-refractivity contribution in [1.82, 2.24) is 14.3 Å². The van der Waals surface area contributed by atoms with E-state index in [1.807, 2.05) is 30.7 Å². The van der Waals surface area contributed by atoms with Crippen LogP contribution in [0.4, 0.5) is 0 Å². The molecule has 0 aliphatic heterocycles. The van der Waals surface area contributed by atoms with Gasteiger partial charge in [0.05, 0.1) is 12.2 Å². The SMILES string of the molecule is Cc1cc(C)n(CCn2ccccc2=O)n1. The van der Waals surface area contributed by atoms with Crippen molar-refractivity contribution in [2.45, 2.75) is 26.9 Å². The van der Waals surface area contributed by atoms with Crippen LogP contribution in [0.3, 0.4) is 0 Å². The highest BCUT2D eigenvalue weighted by atomic mass is 16.1. The molecule has 84 valence electrons. The maximum Gasteiger partial charge on any atom is 0.250 e. The lowest BCUT2D eigenvalue weighted by molar-refractivity contribution is 0.512. The second-order valence-corrected chi connectivity index (χ2v) is 3.88. The van der Waals surface area contributed by atoms with Crippen LogP contribution in [-0.4, -0.2) is 14.3 Å². The van der Waals surface area contributed by atoms with Gasteiger partial charge < -0.3 is 4.57 Å². The van der Waals surface area contributed by atoms with E-state index in [9.17, 15) is 4.79 Å². The molecule has 4 nitrogen and oxygen atoms in total. The summed E-state index contributed by atoms with van der Waals surface area (Å²) in [7, 11) is 0. The van der Waals surface area contributed by atoms with Gasteiger partial charge in [-0.15, -0.1) is 0 Å². The fraction of sp³-hybridized carbons (Fsp3) is 0.333. The molecule has 0 radical (unpaired) electrons. The molecule has 0 bridgehead atoms. The van der Waals surface area contributed by atoms with E-state index in [-0.39, 0.29) is 5.56 Å². The number of pyridine rings is 1. The number of aromatic nitrogens is 3. The van der Waals surface area contributed by atoms with E-state index in [1.54, 1.807) is 22.9 Å². The first-order valence-corrected chi connectivity index (χ1v) is 5.33. The minimum atomic E-state index is 0.0315. The van der Waals surface area contributed by atoms with Crippen LogP contribution in [0, 0.1) is 13.8 Å². The Balaban J connectivity index is 2.11. The average molecular weight is 217 g/mol. The summed E-state index contributed by atoms with van der Waals surface area (Å²) in [5, 5.41) is 4.36. The van der Waals surface area contributed by atoms with E-state index in [4.69, 9.17) is 0 Å². The zero-order chi connectivity index (χ0) is 11.5. The van der Waals surface area contributed by atoms with E-state index >= 15 is 0 Å². The Bertz CT molecular complexity index is 539. The predicted octanol–water partition coefficient (Wildman–Crippen LogP) is 1.36. The van der Waals surface area contributed by atoms with Crippen molar-refractivity contribution in [2.24, 2.45) is 0 Å². The summed E-state index contributed by atoms with van der Waals surface area (Å²) < 4.78 is 3.62. The lowest BCUT2D eigenvalue weighted by Crippen LogP contribution is -2.21. The second-order valence-electron chi connectivity index (χ2n) is 3.88. The summed E-state index contributed by atoms with van der Waals surface area (Å²) >= 11 is 0. The van der Waals surface area contributed by atoms with E-state index < -0.39 is 0 Å². The normalized spacial score (nSPS) is 10.6. The molecule has 2 aromatic rings. The summed E-state index contributed by atoms with van der Waals surface area (Å²) in [6.07, 6.45) is 1.80. The first-order chi connectivity index (χ1) is 7.66. The maximum absolute atomic E-state index is 11.5. The van der Waals surface area contributed by atoms with Crippen LogP contribution in [0.5, 0.6) is 0 Å². The molecule has 16 heavy (non-hydrogen) atoms. The lowest BCUT2D eigenvalue weighted by atomic mass is 10.4. The molecule has 2 rings (SSSR count). The van der Waals surface area contributed by atoms with Crippen molar-refractivity contribution < 1.29 is 0 Å². The number of hydrogen-bond donors (Lipinski definition) is 0. The third-order valence-electron chi connectivity index (χ3n) is 2.56. The van der Waals surface area contributed by atoms with Gasteiger partial charge in [-0.05, 0) is 26.0 Å². The molecular formula is C12H15N3O. The molecule has 0 unspecified atom stereocenters. The Hall–Kier alpha value is -1.84. The summed E-state index contributed by atoms with van der Waals surface area (Å²) in [4.78, 5) is 11.5. The molecule has 2 aromatic heterocycles. The van der Waals surface area contributed by atoms with Crippen molar-refractivity contribution in [3.8, 4) is 0 Å². The summed E-state index contributed by atoms with van der Waals surface area (Å²) in [6.45, 7) is 5.37. The number of nitrogens with zero attached hydrogens (tertiary/aromatic N) is 3. The van der Waals surface area contributed by atoms with Crippen LogP contribution in [0.25, 0.3) is 0 Å². The summed E-state index contributed by atoms with van der Waals surface area (Å²) in [6, 6.07) is 7.22. The monoisotopic (exact) mass is 217 g/mol. The van der Waals surface area contributed by atoms with E-state index in [0.717, 1.165) is 17.9 Å². The van der Waals surface area contributed by atoms with Crippen molar-refractivity contribution in [3.05, 3.63) is 52.2 Å². The lowest BCUT2D eigenvalue weighted by Gasteiger charge is -2.06. The molecule has 2 heterocycles. The van der Waals surface area contributed by atoms with E-state index in [0.29, 0.717) is 6.54 Å². The molecule has 0 aliphatic rings. The molecule has 4 heteroatoms. The summed E-state index contributed by atoms with van der Waals surface area (Å²) in [5.41, 5.74) is 2.17. The van der Waals surface area contributed by atoms with E-state index in [2.05, 4.69) is 5.10 Å². The van der Waals surface area contributed by atoms with Crippen molar-refractivity contribution in [1.29, 1.82) is 0 Å². The Kier molecular flexibility index (Phi) is 2.90. The molecule has 0 saturated heterocycles. The van der Waals surface area contributed by atoms with Gasteiger partial charge in [0.25, 0.3) is 5.56 Å². The Morgan fingerprint density at radius 2 is 2.06 bits per heavy atom. The van der Waals surface area contributed by atoms with Gasteiger partial charge in [0.2, 0.25) is 0 Å². The zero-order valence-electron chi connectivity index (χ0n) is 9.55. The smallest absolute Gasteiger partial charge is 0.250 e. The maximum atomic E-state index is 11.5. The topological polar surface area (TPSA) is 39.8 Å². The first kappa shape index (κ1) is 10.7. The average Bonchev–Trinajstić information content (AvgIpc) is 2.56. The zero-order valence-corrected chi connectivity index (χ0v) is 9.55. The molecule has 0 atom stereocenters. The van der Waals surface area contributed by atoms with Gasteiger partial charge in [-0.3, -0.25) is 9.48 Å². The Morgan fingerprint density at radius 3 is 2.69 bits per heavy atom. The van der Waals surface area contributed by atoms with Gasteiger partial charge >= 0.3 is 0 Å². The molecule has 0 amide bonds. The van der Waals surface area contributed by atoms with Gasteiger partial charge in [-0.25, -0.2) is 0 Å². The fourth-order valence-electron chi connectivity index (χ4n) is 1.75. The Morgan fingerprint density at radius 1 is 1.25 bits per heavy atom. The van der Waals surface area contributed by atoms with Crippen LogP contribution >= 0.6 is 0 Å². The summed E-state index contributed by atoms with van der Waals surface area (Å²) in [5.74, 6) is 0. The van der Waals surface area contributed by atoms with Gasteiger partial charge in [-0.1, -0.05) is 6.07 Å². The highest BCUT2D eigenvalue weighted by Crippen LogP contribution is 2.01. The Labute approximate surface area is 94.1 Å². The van der Waals surface area contributed by atoms with Crippen LogP contribution < -0.4 is 5.56 Å². The number of hydrogen-bond acceptors (Lipinski definition) is 2. The predicted molar refractivity (Wildman–Crippen MR) is 62.4 cm³/mol. The molecule has 0 fully saturated rings. The second kappa shape index (κ2) is 4.35. The molecule has 0 N–H and O–H groups in total. The van der Waals surface area contributed by atoms with Gasteiger partial charge in [-0.2, -0.15) is 5.10 Å². The van der Waals surface area contributed by atoms with Crippen molar-refractivity contribution in [3.63, 3.8) is 0 Å². The molecule has 0 saturated carbocycles. The standard InChI is InChI=1S/C12H15N3O/c1-10-9-11(2)15(13-10)8-7-14-6-4-3-5-12(14)16/h3-6,9H,7-8H2,1-2H3. The van der Waals surface area contributed by atoms with Crippen LogP contribution in [-0.2, 0) is 13.1 Å². The third kappa shape index (κ3) is 2.21.